The maximum atomic E-state index is 15.9. The number of piperazine rings is 1. The van der Waals surface area contributed by atoms with Crippen molar-refractivity contribution >= 4 is 50.0 Å². The van der Waals surface area contributed by atoms with Crippen LogP contribution in [0.5, 0.6) is 5.75 Å². The molecular weight excluding hydrogens is 569 g/mol. The molecule has 2 aliphatic rings. The lowest BCUT2D eigenvalue weighted by Gasteiger charge is -2.38. The van der Waals surface area contributed by atoms with Crippen molar-refractivity contribution in [3.05, 3.63) is 45.7 Å². The van der Waals surface area contributed by atoms with Crippen LogP contribution in [0.15, 0.2) is 12.1 Å². The molecule has 40 heavy (non-hydrogen) atoms. The molecule has 2 aliphatic heterocycles. The number of ether oxygens (including phenoxy) is 2. The van der Waals surface area contributed by atoms with E-state index in [2.05, 4.69) is 10.6 Å². The number of hydrogen-bond acceptors (Lipinski definition) is 7. The monoisotopic (exact) mass is 592 g/mol. The maximum absolute atomic E-state index is 15.9. The Morgan fingerprint density at radius 1 is 1.27 bits per heavy atom. The second kappa shape index (κ2) is 10.5. The van der Waals surface area contributed by atoms with E-state index in [-0.39, 0.29) is 49.6 Å². The average molecular weight is 593 g/mol. The minimum absolute atomic E-state index is 0.0440. The summed E-state index contributed by atoms with van der Waals surface area (Å²) in [5, 5.41) is 15.1. The Morgan fingerprint density at radius 2 is 2.00 bits per heavy atom. The summed E-state index contributed by atoms with van der Waals surface area (Å²) in [4.78, 5) is 27.3. The van der Waals surface area contributed by atoms with Crippen LogP contribution in [0.4, 0.5) is 23.0 Å². The lowest BCUT2D eigenvalue weighted by atomic mass is 9.95. The number of nitrogens with zero attached hydrogens (tertiary/aromatic N) is 2. The van der Waals surface area contributed by atoms with Crippen molar-refractivity contribution in [2.75, 3.05) is 31.6 Å². The number of nitrogens with one attached hydrogen (secondary N) is 2. The van der Waals surface area contributed by atoms with E-state index in [1.807, 2.05) is 6.07 Å². The zero-order chi connectivity index (χ0) is 28.9. The van der Waals surface area contributed by atoms with Gasteiger partial charge in [0.25, 0.3) is 5.91 Å². The summed E-state index contributed by atoms with van der Waals surface area (Å²) in [5.74, 6) is -4.73. The summed E-state index contributed by atoms with van der Waals surface area (Å²) in [7, 11) is 0. The fourth-order valence-electron chi connectivity index (χ4n) is 4.90. The Morgan fingerprint density at radius 3 is 2.70 bits per heavy atom. The predicted octanol–water partition coefficient (Wildman–Crippen LogP) is 6.05. The van der Waals surface area contributed by atoms with Crippen LogP contribution in [0.3, 0.4) is 0 Å². The lowest BCUT2D eigenvalue weighted by Crippen LogP contribution is -2.54. The van der Waals surface area contributed by atoms with E-state index in [1.54, 1.807) is 20.8 Å². The van der Waals surface area contributed by atoms with E-state index >= 15 is 8.78 Å². The number of anilines is 1. The molecule has 2 N–H and O–H groups in total. The summed E-state index contributed by atoms with van der Waals surface area (Å²) in [5.41, 5.74) is -2.26. The van der Waals surface area contributed by atoms with E-state index in [0.29, 0.717) is 26.1 Å². The van der Waals surface area contributed by atoms with Crippen molar-refractivity contribution in [1.29, 1.82) is 5.26 Å². The van der Waals surface area contributed by atoms with E-state index in [4.69, 9.17) is 21.1 Å². The van der Waals surface area contributed by atoms with Gasteiger partial charge in [0.15, 0.2) is 17.4 Å². The number of rotatable bonds is 2. The van der Waals surface area contributed by atoms with E-state index in [0.717, 1.165) is 23.5 Å². The third-order valence-electron chi connectivity index (χ3n) is 6.59. The standard InChI is InChI=1S/C27H24ClF3N4O4S/c1-27(2,3)39-26(37)34-24-14(10-32)16-13(4-5-15(29)23(16)40-24)17-19(28)22-18(21(31)20(17)30)25(36)35-8-7-33-11-12(35)6-9-38-22/h4-5,12,33H,6-9,11H2,1-3H3,(H,34,37)/t12-/m0/s1. The zero-order valence-electron chi connectivity index (χ0n) is 21.7. The van der Waals surface area contributed by atoms with Gasteiger partial charge in [-0.25, -0.2) is 18.0 Å². The summed E-state index contributed by atoms with van der Waals surface area (Å²) < 4.78 is 57.5. The number of halogens is 4. The number of amides is 2. The van der Waals surface area contributed by atoms with Crippen LogP contribution in [0, 0.1) is 28.8 Å². The highest BCUT2D eigenvalue weighted by Crippen LogP contribution is 2.48. The number of fused-ring (bicyclic) bond motifs is 3. The van der Waals surface area contributed by atoms with Crippen molar-refractivity contribution in [2.24, 2.45) is 0 Å². The molecule has 5 rings (SSSR count). The van der Waals surface area contributed by atoms with Gasteiger partial charge in [0.05, 0.1) is 21.9 Å². The summed E-state index contributed by atoms with van der Waals surface area (Å²) in [6.07, 6.45) is -0.445. The van der Waals surface area contributed by atoms with Gasteiger partial charge in [-0.05, 0) is 32.4 Å². The number of hydrogen-bond donors (Lipinski definition) is 2. The second-order valence-electron chi connectivity index (χ2n) is 10.4. The molecule has 1 atom stereocenters. The molecule has 2 amide bonds. The first-order chi connectivity index (χ1) is 18.9. The smallest absolute Gasteiger partial charge is 0.412 e. The first-order valence-electron chi connectivity index (χ1n) is 12.4. The largest absolute Gasteiger partial charge is 0.491 e. The molecule has 3 heterocycles. The molecule has 0 saturated carbocycles. The van der Waals surface area contributed by atoms with Gasteiger partial charge < -0.3 is 19.7 Å². The van der Waals surface area contributed by atoms with Gasteiger partial charge in [0.2, 0.25) is 0 Å². The quantitative estimate of drug-likeness (QED) is 0.351. The third kappa shape index (κ3) is 4.82. The van der Waals surface area contributed by atoms with Gasteiger partial charge in [-0.15, -0.1) is 11.3 Å². The molecule has 0 aliphatic carbocycles. The van der Waals surface area contributed by atoms with Gasteiger partial charge in [0, 0.05) is 43.0 Å². The number of benzene rings is 2. The third-order valence-corrected chi connectivity index (χ3v) is 8.06. The van der Waals surface area contributed by atoms with Crippen LogP contribution in [0.1, 0.15) is 43.1 Å². The van der Waals surface area contributed by atoms with Gasteiger partial charge >= 0.3 is 6.09 Å². The maximum Gasteiger partial charge on any atom is 0.412 e. The molecule has 1 fully saturated rings. The Labute approximate surface area is 236 Å². The van der Waals surface area contributed by atoms with E-state index in [1.165, 1.54) is 4.90 Å². The number of carbonyl (C=O) groups excluding carboxylic acids is 2. The second-order valence-corrected chi connectivity index (χ2v) is 11.8. The summed E-state index contributed by atoms with van der Waals surface area (Å²) >= 11 is 7.36. The fourth-order valence-corrected chi connectivity index (χ4v) is 6.30. The molecule has 13 heteroatoms. The Hall–Kier alpha value is -3.53. The van der Waals surface area contributed by atoms with Crippen molar-refractivity contribution in [2.45, 2.75) is 38.8 Å². The van der Waals surface area contributed by atoms with Gasteiger partial charge in [-0.1, -0.05) is 17.7 Å². The Bertz CT molecular complexity index is 1600. The van der Waals surface area contributed by atoms with Crippen molar-refractivity contribution in [1.82, 2.24) is 10.2 Å². The van der Waals surface area contributed by atoms with Crippen LogP contribution < -0.4 is 15.4 Å². The van der Waals surface area contributed by atoms with E-state index in [9.17, 15) is 19.2 Å². The SMILES string of the molecule is CC(C)(C)OC(=O)Nc1sc2c(F)ccc(-c3c(F)c(F)c4c(c3Cl)OCC[C@H]3CNCCN3C4=O)c2c1C#N. The molecule has 210 valence electrons. The van der Waals surface area contributed by atoms with Crippen molar-refractivity contribution in [3.63, 3.8) is 0 Å². The minimum Gasteiger partial charge on any atom is -0.491 e. The van der Waals surface area contributed by atoms with Gasteiger partial charge in [-0.3, -0.25) is 10.1 Å². The zero-order valence-corrected chi connectivity index (χ0v) is 23.3. The highest BCUT2D eigenvalue weighted by molar-refractivity contribution is 7.23. The number of carbonyl (C=O) groups is 2. The molecule has 0 radical (unpaired) electrons. The molecule has 1 aromatic heterocycles. The van der Waals surface area contributed by atoms with Crippen molar-refractivity contribution < 1.29 is 32.2 Å². The normalized spacial score (nSPS) is 17.3. The predicted molar refractivity (Wildman–Crippen MR) is 145 cm³/mol. The topological polar surface area (TPSA) is 104 Å². The van der Waals surface area contributed by atoms with Gasteiger partial charge in [0.1, 0.15) is 28.1 Å². The number of nitriles is 1. The molecule has 8 nitrogen and oxygen atoms in total. The summed E-state index contributed by atoms with van der Waals surface area (Å²) in [6, 6.07) is 3.84. The van der Waals surface area contributed by atoms with Crippen LogP contribution in [-0.4, -0.2) is 54.8 Å². The van der Waals surface area contributed by atoms with Crippen molar-refractivity contribution in [3.8, 4) is 22.9 Å². The lowest BCUT2D eigenvalue weighted by molar-refractivity contribution is 0.0566. The minimum atomic E-state index is -1.46. The molecule has 3 aromatic rings. The highest BCUT2D eigenvalue weighted by Gasteiger charge is 2.38. The van der Waals surface area contributed by atoms with Crippen LogP contribution in [0.2, 0.25) is 5.02 Å². The van der Waals surface area contributed by atoms with E-state index < -0.39 is 46.2 Å². The highest BCUT2D eigenvalue weighted by atomic mass is 35.5. The Balaban J connectivity index is 1.70. The fraction of sp³-hybridized carbons (Fsp3) is 0.370. The van der Waals surface area contributed by atoms with Crippen LogP contribution in [0.25, 0.3) is 21.2 Å². The van der Waals surface area contributed by atoms with Crippen LogP contribution in [-0.2, 0) is 4.74 Å². The molecule has 2 aromatic carbocycles. The molecule has 0 unspecified atom stereocenters. The summed E-state index contributed by atoms with van der Waals surface area (Å²) in [6.45, 7) is 6.31. The Kier molecular flexibility index (Phi) is 7.33. The molecule has 0 bridgehead atoms. The van der Waals surface area contributed by atoms with Gasteiger partial charge in [-0.2, -0.15) is 5.26 Å². The first kappa shape index (κ1) is 28.0. The number of thiophene rings is 1. The molecule has 1 saturated heterocycles. The molecule has 0 spiro atoms. The molecular formula is C27H24ClF3N4O4S. The van der Waals surface area contributed by atoms with Crippen LogP contribution >= 0.6 is 22.9 Å². The average Bonchev–Trinajstić information content (AvgIpc) is 3.25. The first-order valence-corrected chi connectivity index (χ1v) is 13.6.